The van der Waals surface area contributed by atoms with Gasteiger partial charge in [-0.05, 0) is 0 Å². The van der Waals surface area contributed by atoms with Crippen LogP contribution in [0.2, 0.25) is 0 Å². The van der Waals surface area contributed by atoms with Gasteiger partial charge in [0.25, 0.3) is 0 Å². The Hall–Kier alpha value is 0.759. The Morgan fingerprint density at radius 1 is 1.62 bits per heavy atom. The Labute approximate surface area is 63.9 Å². The Bertz CT molecular complexity index is 66.9. The third-order valence-corrected chi connectivity index (χ3v) is 2.69. The summed E-state index contributed by atoms with van der Waals surface area (Å²) in [7, 11) is 0. The fourth-order valence-corrected chi connectivity index (χ4v) is 2.45. The van der Waals surface area contributed by atoms with E-state index < -0.39 is 0 Å². The molecule has 2 atom stereocenters. The van der Waals surface area contributed by atoms with Crippen molar-refractivity contribution in [1.29, 1.82) is 0 Å². The fourth-order valence-electron chi connectivity index (χ4n) is 0.963. The third-order valence-electron chi connectivity index (χ3n) is 1.55. The summed E-state index contributed by atoms with van der Waals surface area (Å²) in [6, 6.07) is 0. The number of ether oxygens (including phenoxy) is 1. The molecule has 1 fully saturated rings. The minimum absolute atomic E-state index is 0.603. The standard InChI is InChI=1S/C6H11O.Sn/c1-6-2-4-7-5-3-6;/h4,6H,2-3,5H2,1H3;. The first-order valence-corrected chi connectivity index (χ1v) is 4.76. The molecule has 2 heteroatoms. The summed E-state index contributed by atoms with van der Waals surface area (Å²) in [5.74, 6) is 0.910. The zero-order chi connectivity index (χ0) is 5.98. The molecule has 1 aliphatic heterocycles. The van der Waals surface area contributed by atoms with Crippen LogP contribution in [0.4, 0.5) is 0 Å². The summed E-state index contributed by atoms with van der Waals surface area (Å²) in [5.41, 5.74) is 0. The Balaban J connectivity index is 2.23. The van der Waals surface area contributed by atoms with Crippen molar-refractivity contribution in [3.8, 4) is 0 Å². The van der Waals surface area contributed by atoms with Gasteiger partial charge in [0, 0.05) is 0 Å². The SMILES string of the molecule is CC1CCO[CH]([Sn])C1. The van der Waals surface area contributed by atoms with E-state index in [0.717, 1.165) is 12.5 Å². The zero-order valence-corrected chi connectivity index (χ0v) is 8.04. The van der Waals surface area contributed by atoms with Crippen molar-refractivity contribution in [2.45, 2.75) is 23.9 Å². The average Bonchev–Trinajstić information content (AvgIpc) is 1.64. The van der Waals surface area contributed by atoms with Gasteiger partial charge in [-0.15, -0.1) is 0 Å². The van der Waals surface area contributed by atoms with Crippen LogP contribution in [-0.4, -0.2) is 33.3 Å². The molecule has 0 spiro atoms. The molecule has 0 bridgehead atoms. The van der Waals surface area contributed by atoms with Crippen LogP contribution in [-0.2, 0) is 4.74 Å². The van der Waals surface area contributed by atoms with Crippen molar-refractivity contribution in [2.24, 2.45) is 5.92 Å². The number of rotatable bonds is 0. The Morgan fingerprint density at radius 3 is 2.75 bits per heavy atom. The molecule has 1 aliphatic rings. The fraction of sp³-hybridized carbons (Fsp3) is 1.00. The molecule has 1 rings (SSSR count). The van der Waals surface area contributed by atoms with Crippen LogP contribution in [0.1, 0.15) is 19.8 Å². The first-order chi connectivity index (χ1) is 3.79. The molecule has 0 saturated carbocycles. The summed E-state index contributed by atoms with van der Waals surface area (Å²) < 4.78 is 5.99. The molecule has 1 nitrogen and oxygen atoms in total. The molecule has 2 unspecified atom stereocenters. The number of hydrogen-bond donors (Lipinski definition) is 0. The maximum atomic E-state index is 5.39. The first-order valence-electron chi connectivity index (χ1n) is 3.12. The van der Waals surface area contributed by atoms with Crippen molar-refractivity contribution in [3.63, 3.8) is 0 Å². The van der Waals surface area contributed by atoms with Crippen molar-refractivity contribution < 1.29 is 4.74 Å². The molecule has 0 aromatic carbocycles. The Kier molecular flexibility index (Phi) is 2.63. The topological polar surface area (TPSA) is 9.23 Å². The molecule has 0 amide bonds. The maximum absolute atomic E-state index is 5.39. The van der Waals surface area contributed by atoms with Crippen LogP contribution >= 0.6 is 0 Å². The Morgan fingerprint density at radius 2 is 2.38 bits per heavy atom. The van der Waals surface area contributed by atoms with Crippen molar-refractivity contribution in [1.82, 2.24) is 0 Å². The van der Waals surface area contributed by atoms with Gasteiger partial charge in [-0.1, -0.05) is 0 Å². The van der Waals surface area contributed by atoms with Gasteiger partial charge in [0.15, 0.2) is 0 Å². The van der Waals surface area contributed by atoms with Gasteiger partial charge in [0.05, 0.1) is 0 Å². The van der Waals surface area contributed by atoms with Gasteiger partial charge in [-0.25, -0.2) is 0 Å². The molecule has 1 heterocycles. The van der Waals surface area contributed by atoms with Gasteiger partial charge >= 0.3 is 63.7 Å². The molecule has 45 valence electrons. The van der Waals surface area contributed by atoms with E-state index >= 15 is 0 Å². The summed E-state index contributed by atoms with van der Waals surface area (Å²) >= 11 is 1.54. The van der Waals surface area contributed by atoms with E-state index in [1.807, 2.05) is 0 Å². The molecule has 0 N–H and O–H groups in total. The van der Waals surface area contributed by atoms with Crippen molar-refractivity contribution in [2.75, 3.05) is 6.61 Å². The van der Waals surface area contributed by atoms with Gasteiger partial charge < -0.3 is 0 Å². The van der Waals surface area contributed by atoms with E-state index in [9.17, 15) is 0 Å². The third kappa shape index (κ3) is 1.94. The van der Waals surface area contributed by atoms with Crippen LogP contribution < -0.4 is 0 Å². The van der Waals surface area contributed by atoms with E-state index in [4.69, 9.17) is 4.74 Å². The molecule has 0 aromatic rings. The summed E-state index contributed by atoms with van der Waals surface area (Å²) in [6.07, 6.45) is 2.56. The predicted octanol–water partition coefficient (Wildman–Crippen LogP) is 0.927. The quantitative estimate of drug-likeness (QED) is 0.549. The van der Waals surface area contributed by atoms with E-state index in [0.29, 0.717) is 4.12 Å². The van der Waals surface area contributed by atoms with E-state index in [2.05, 4.69) is 6.92 Å². The van der Waals surface area contributed by atoms with Gasteiger partial charge in [-0.3, -0.25) is 0 Å². The van der Waals surface area contributed by atoms with Crippen LogP contribution in [0.5, 0.6) is 0 Å². The van der Waals surface area contributed by atoms with Gasteiger partial charge in [-0.2, -0.15) is 0 Å². The molecule has 8 heavy (non-hydrogen) atoms. The van der Waals surface area contributed by atoms with Gasteiger partial charge in [0.1, 0.15) is 0 Å². The predicted molar refractivity (Wildman–Crippen MR) is 33.9 cm³/mol. The first kappa shape index (κ1) is 6.87. The summed E-state index contributed by atoms with van der Waals surface area (Å²) in [5, 5.41) is 0. The second kappa shape index (κ2) is 3.06. The van der Waals surface area contributed by atoms with Crippen LogP contribution in [0, 0.1) is 5.92 Å². The molecule has 0 aliphatic carbocycles. The van der Waals surface area contributed by atoms with E-state index in [-0.39, 0.29) is 0 Å². The van der Waals surface area contributed by atoms with Gasteiger partial charge in [0.2, 0.25) is 0 Å². The van der Waals surface area contributed by atoms with E-state index in [1.165, 1.54) is 12.8 Å². The average molecular weight is 218 g/mol. The molecule has 3 radical (unpaired) electrons. The van der Waals surface area contributed by atoms with E-state index in [1.54, 1.807) is 22.5 Å². The van der Waals surface area contributed by atoms with Crippen LogP contribution in [0.3, 0.4) is 0 Å². The molecular formula is C6H11OSn. The molecule has 0 aromatic heterocycles. The summed E-state index contributed by atoms with van der Waals surface area (Å²) in [6.45, 7) is 3.30. The molecule has 1 saturated heterocycles. The second-order valence-electron chi connectivity index (χ2n) is 2.49. The number of hydrogen-bond acceptors (Lipinski definition) is 1. The normalized spacial score (nSPS) is 39.8. The van der Waals surface area contributed by atoms with Crippen molar-refractivity contribution in [3.05, 3.63) is 0 Å². The van der Waals surface area contributed by atoms with Crippen molar-refractivity contribution >= 4 is 22.5 Å². The second-order valence-corrected chi connectivity index (χ2v) is 4.33. The van der Waals surface area contributed by atoms with Crippen LogP contribution in [0.15, 0.2) is 0 Å². The zero-order valence-electron chi connectivity index (χ0n) is 5.18. The van der Waals surface area contributed by atoms with Crippen LogP contribution in [0.25, 0.3) is 0 Å². The minimum atomic E-state index is 0.603. The molecular weight excluding hydrogens is 207 g/mol. The monoisotopic (exact) mass is 219 g/mol. The summed E-state index contributed by atoms with van der Waals surface area (Å²) in [4.78, 5) is 0.